The van der Waals surface area contributed by atoms with Crippen LogP contribution in [0.1, 0.15) is 53.9 Å². The maximum Gasteiger partial charge on any atom is 0.243 e. The van der Waals surface area contributed by atoms with E-state index in [0.29, 0.717) is 31.6 Å². The van der Waals surface area contributed by atoms with E-state index in [1.807, 2.05) is 13.8 Å². The van der Waals surface area contributed by atoms with Crippen molar-refractivity contribution in [1.29, 1.82) is 0 Å². The van der Waals surface area contributed by atoms with Crippen LogP contribution < -0.4 is 10.0 Å². The van der Waals surface area contributed by atoms with Gasteiger partial charge in [0.1, 0.15) is 0 Å². The minimum absolute atomic E-state index is 0.169. The van der Waals surface area contributed by atoms with Gasteiger partial charge in [0.05, 0.1) is 21.9 Å². The van der Waals surface area contributed by atoms with E-state index in [2.05, 4.69) is 10.0 Å². The molecule has 1 fully saturated rings. The normalized spacial score (nSPS) is 20.8. The lowest BCUT2D eigenvalue weighted by Gasteiger charge is -2.34. The lowest BCUT2D eigenvalue weighted by molar-refractivity contribution is -0.116. The van der Waals surface area contributed by atoms with Crippen molar-refractivity contribution < 1.29 is 26.4 Å². The number of morpholine rings is 1. The third kappa shape index (κ3) is 7.24. The van der Waals surface area contributed by atoms with Gasteiger partial charge in [0.25, 0.3) is 0 Å². The maximum absolute atomic E-state index is 12.9. The number of hydrogen-bond donors (Lipinski definition) is 2. The monoisotopic (exact) mass is 489 g/mol. The second-order valence-electron chi connectivity index (χ2n) is 9.12. The highest BCUT2D eigenvalue weighted by Gasteiger charge is 2.32. The Morgan fingerprint density at radius 3 is 2.12 bits per heavy atom. The molecular formula is C21H35N3O6S2. The van der Waals surface area contributed by atoms with Gasteiger partial charge in [-0.2, -0.15) is 4.31 Å². The van der Waals surface area contributed by atoms with Gasteiger partial charge < -0.3 is 10.1 Å². The van der Waals surface area contributed by atoms with Crippen LogP contribution in [0.15, 0.2) is 29.2 Å². The van der Waals surface area contributed by atoms with Crippen molar-refractivity contribution in [3.8, 4) is 0 Å². The predicted octanol–water partition coefficient (Wildman–Crippen LogP) is 2.31. The standard InChI is InChI=1S/C21H35N3O6S2/c1-16-14-24(15-17(2)30-16)31(26,27)19-11-9-18(10-12-19)23-20(25)8-6-7-13-22-32(28,29)21(3,4)5/h9-12,16-17,22H,6-8,13-15H2,1-5H3,(H,23,25). The summed E-state index contributed by atoms with van der Waals surface area (Å²) in [7, 11) is -7.02. The first-order valence-electron chi connectivity index (χ1n) is 10.8. The largest absolute Gasteiger partial charge is 0.373 e. The minimum atomic E-state index is -3.63. The third-order valence-corrected chi connectivity index (χ3v) is 9.13. The average Bonchev–Trinajstić information content (AvgIpc) is 2.66. The topological polar surface area (TPSA) is 122 Å². The van der Waals surface area contributed by atoms with Gasteiger partial charge in [-0.3, -0.25) is 4.79 Å². The number of nitrogens with zero attached hydrogens (tertiary/aromatic N) is 1. The van der Waals surface area contributed by atoms with Crippen molar-refractivity contribution in [2.45, 2.75) is 75.7 Å². The molecule has 2 atom stereocenters. The Bertz CT molecular complexity index is 975. The molecule has 32 heavy (non-hydrogen) atoms. The SMILES string of the molecule is CC1CN(S(=O)(=O)c2ccc(NC(=O)CCCCNS(=O)(=O)C(C)(C)C)cc2)CC(C)O1. The highest BCUT2D eigenvalue weighted by atomic mass is 32.2. The molecule has 1 aliphatic heterocycles. The number of amides is 1. The van der Waals surface area contributed by atoms with Crippen molar-refractivity contribution in [1.82, 2.24) is 9.03 Å². The van der Waals surface area contributed by atoms with E-state index in [1.165, 1.54) is 16.4 Å². The Balaban J connectivity index is 1.83. The molecule has 1 aliphatic rings. The Kier molecular flexibility index (Phi) is 8.85. The summed E-state index contributed by atoms with van der Waals surface area (Å²) >= 11 is 0. The molecule has 182 valence electrons. The molecule has 1 saturated heterocycles. The predicted molar refractivity (Wildman–Crippen MR) is 124 cm³/mol. The summed E-state index contributed by atoms with van der Waals surface area (Å²) in [5.41, 5.74) is 0.506. The number of carbonyl (C=O) groups is 1. The molecule has 9 nitrogen and oxygen atoms in total. The van der Waals surface area contributed by atoms with E-state index in [9.17, 15) is 21.6 Å². The van der Waals surface area contributed by atoms with Crippen molar-refractivity contribution in [3.05, 3.63) is 24.3 Å². The lowest BCUT2D eigenvalue weighted by atomic mass is 10.2. The van der Waals surface area contributed by atoms with Crippen molar-refractivity contribution in [3.63, 3.8) is 0 Å². The summed E-state index contributed by atoms with van der Waals surface area (Å²) in [6.45, 7) is 9.45. The van der Waals surface area contributed by atoms with Crippen molar-refractivity contribution in [2.75, 3.05) is 25.0 Å². The number of nitrogens with one attached hydrogen (secondary N) is 2. The molecule has 2 rings (SSSR count). The van der Waals surface area contributed by atoms with Crippen molar-refractivity contribution >= 4 is 31.6 Å². The van der Waals surface area contributed by atoms with Gasteiger partial charge in [0, 0.05) is 31.7 Å². The van der Waals surface area contributed by atoms with E-state index in [0.717, 1.165) is 0 Å². The summed E-state index contributed by atoms with van der Waals surface area (Å²) < 4.78 is 58.4. The molecule has 2 unspecified atom stereocenters. The Labute approximate surface area is 192 Å². The van der Waals surface area contributed by atoms with Crippen LogP contribution in [0.3, 0.4) is 0 Å². The average molecular weight is 490 g/mol. The number of hydrogen-bond acceptors (Lipinski definition) is 6. The lowest BCUT2D eigenvalue weighted by Crippen LogP contribution is -2.48. The van der Waals surface area contributed by atoms with E-state index < -0.39 is 24.8 Å². The van der Waals surface area contributed by atoms with E-state index >= 15 is 0 Å². The van der Waals surface area contributed by atoms with Crippen LogP contribution in [-0.4, -0.2) is 63.6 Å². The van der Waals surface area contributed by atoms with Crippen LogP contribution >= 0.6 is 0 Å². The summed E-state index contributed by atoms with van der Waals surface area (Å²) in [4.78, 5) is 12.3. The summed E-state index contributed by atoms with van der Waals surface area (Å²) in [6.07, 6.45) is 0.960. The number of sulfonamides is 2. The smallest absolute Gasteiger partial charge is 0.243 e. The first-order valence-corrected chi connectivity index (χ1v) is 13.7. The fourth-order valence-corrected chi connectivity index (χ4v) is 5.68. The summed E-state index contributed by atoms with van der Waals surface area (Å²) in [5.74, 6) is -0.213. The van der Waals surface area contributed by atoms with Gasteiger partial charge in [-0.15, -0.1) is 0 Å². The number of unbranched alkanes of at least 4 members (excludes halogenated alkanes) is 1. The van der Waals surface area contributed by atoms with Crippen LogP contribution in [0.4, 0.5) is 5.69 Å². The number of benzene rings is 1. The zero-order valence-electron chi connectivity index (χ0n) is 19.4. The molecule has 1 aromatic rings. The molecule has 0 spiro atoms. The highest BCUT2D eigenvalue weighted by Crippen LogP contribution is 2.22. The fraction of sp³-hybridized carbons (Fsp3) is 0.667. The minimum Gasteiger partial charge on any atom is -0.373 e. The highest BCUT2D eigenvalue weighted by molar-refractivity contribution is 7.90. The van der Waals surface area contributed by atoms with Crippen LogP contribution in [0.5, 0.6) is 0 Å². The zero-order valence-corrected chi connectivity index (χ0v) is 21.1. The Hall–Kier alpha value is -1.53. The molecule has 0 aromatic heterocycles. The zero-order chi connectivity index (χ0) is 24.2. The molecule has 1 aromatic carbocycles. The van der Waals surface area contributed by atoms with Gasteiger partial charge in [-0.05, 0) is 71.7 Å². The molecule has 0 bridgehead atoms. The fourth-order valence-electron chi connectivity index (χ4n) is 3.24. The first-order chi connectivity index (χ1) is 14.7. The van der Waals surface area contributed by atoms with Gasteiger partial charge in [-0.1, -0.05) is 0 Å². The van der Waals surface area contributed by atoms with Crippen LogP contribution in [-0.2, 0) is 29.6 Å². The second kappa shape index (κ2) is 10.6. The first kappa shape index (κ1) is 26.7. The maximum atomic E-state index is 12.9. The van der Waals surface area contributed by atoms with E-state index in [-0.39, 0.29) is 36.0 Å². The molecule has 0 saturated carbocycles. The third-order valence-electron chi connectivity index (χ3n) is 5.09. The second-order valence-corrected chi connectivity index (χ2v) is 13.6. The number of carbonyl (C=O) groups excluding carboxylic acids is 1. The number of anilines is 1. The molecule has 0 radical (unpaired) electrons. The molecule has 0 aliphatic carbocycles. The molecule has 11 heteroatoms. The van der Waals surface area contributed by atoms with Gasteiger partial charge in [0.2, 0.25) is 26.0 Å². The van der Waals surface area contributed by atoms with Gasteiger partial charge >= 0.3 is 0 Å². The van der Waals surface area contributed by atoms with Gasteiger partial charge in [-0.25, -0.2) is 21.6 Å². The quantitative estimate of drug-likeness (QED) is 0.514. The molecular weight excluding hydrogens is 454 g/mol. The summed E-state index contributed by atoms with van der Waals surface area (Å²) in [6, 6.07) is 6.10. The van der Waals surface area contributed by atoms with E-state index in [4.69, 9.17) is 4.74 Å². The number of rotatable bonds is 9. The molecule has 1 heterocycles. The molecule has 2 N–H and O–H groups in total. The van der Waals surface area contributed by atoms with Crippen LogP contribution in [0.2, 0.25) is 0 Å². The van der Waals surface area contributed by atoms with Crippen LogP contribution in [0, 0.1) is 0 Å². The Morgan fingerprint density at radius 2 is 1.59 bits per heavy atom. The summed E-state index contributed by atoms with van der Waals surface area (Å²) in [5, 5.41) is 2.74. The van der Waals surface area contributed by atoms with Gasteiger partial charge in [0.15, 0.2) is 0 Å². The number of ether oxygens (including phenoxy) is 1. The molecule has 1 amide bonds. The van der Waals surface area contributed by atoms with Crippen LogP contribution in [0.25, 0.3) is 0 Å². The van der Waals surface area contributed by atoms with Crippen molar-refractivity contribution in [2.24, 2.45) is 0 Å². The van der Waals surface area contributed by atoms with E-state index in [1.54, 1.807) is 32.9 Å². The Morgan fingerprint density at radius 1 is 1.03 bits per heavy atom.